The summed E-state index contributed by atoms with van der Waals surface area (Å²) >= 11 is 0. The first-order valence-electron chi connectivity index (χ1n) is 24.0. The molecule has 5 unspecified atom stereocenters. The molecule has 0 aliphatic carbocycles. The quantitative estimate of drug-likeness (QED) is 0.0213. The third kappa shape index (κ3) is 21.7. The number of nitrogens with zero attached hydrogens (tertiary/aromatic N) is 1. The minimum Gasteiger partial charge on any atom is -0.344 e. The van der Waals surface area contributed by atoms with Crippen LogP contribution in [0, 0.1) is 6.92 Å². The molecule has 20 heteroatoms. The van der Waals surface area contributed by atoms with Crippen molar-refractivity contribution in [2.75, 3.05) is 6.61 Å². The summed E-state index contributed by atoms with van der Waals surface area (Å²) in [5, 5.41) is 0. The first-order chi connectivity index (χ1) is 32.5. The Hall–Kier alpha value is -3.43. The zero-order chi connectivity index (χ0) is 49.4. The molecule has 1 aliphatic heterocycles. The van der Waals surface area contributed by atoms with Gasteiger partial charge in [-0.25, -0.2) is 18.5 Å². The topological polar surface area (TPSA) is 236 Å². The van der Waals surface area contributed by atoms with Crippen LogP contribution in [0.1, 0.15) is 175 Å². The van der Waals surface area contributed by atoms with E-state index in [1.54, 1.807) is 36.4 Å². The summed E-state index contributed by atoms with van der Waals surface area (Å²) in [4.78, 5) is 72.4. The number of Topliss-reactive ketones (excluding diaryl/α,β-unsaturated/α-hetero) is 2. The average Bonchev–Trinajstić information content (AvgIpc) is 3.78. The van der Waals surface area contributed by atoms with Crippen LogP contribution in [0.25, 0.3) is 0 Å². The number of nitrogens with one attached hydrogen (secondary N) is 1. The van der Waals surface area contributed by atoms with Crippen molar-refractivity contribution in [1.82, 2.24) is 9.55 Å². The minimum atomic E-state index is -5.77. The van der Waals surface area contributed by atoms with E-state index < -0.39 is 66.9 Å². The molecule has 0 bridgehead atoms. The molecule has 4 rings (SSSR count). The van der Waals surface area contributed by atoms with E-state index in [0.29, 0.717) is 29.5 Å². The smallest absolute Gasteiger partial charge is 0.344 e. The van der Waals surface area contributed by atoms with E-state index in [9.17, 15) is 42.7 Å². The Morgan fingerprint density at radius 3 is 1.72 bits per heavy atom. The van der Waals surface area contributed by atoms with E-state index in [1.165, 1.54) is 114 Å². The van der Waals surface area contributed by atoms with Gasteiger partial charge in [0, 0.05) is 36.6 Å². The zero-order valence-corrected chi connectivity index (χ0v) is 42.4. The van der Waals surface area contributed by atoms with Crippen molar-refractivity contribution < 1.29 is 60.0 Å². The van der Waals surface area contributed by atoms with Crippen molar-refractivity contribution in [1.29, 1.82) is 0 Å². The van der Waals surface area contributed by atoms with Gasteiger partial charge in [-0.1, -0.05) is 165 Å². The number of phosphoric ester groups is 2. The molecule has 0 spiro atoms. The lowest BCUT2D eigenvalue weighted by molar-refractivity contribution is -0.118. The number of rotatable bonds is 36. The van der Waals surface area contributed by atoms with Gasteiger partial charge in [-0.05, 0) is 42.5 Å². The SMILES string of the molecule is CCCCCCCCCCCCCCCCCC(=O)Cc1ccc(COP(=O)(OCc2ccc(C(=O)CCCC)cc2)OP(=O)(O)OP(=O)(O)OCC2C=CC(n3cc(C)c(=O)[nH]c3=O)O2)cc1. The number of aromatic amines is 1. The number of ketones is 2. The van der Waals surface area contributed by atoms with Gasteiger partial charge >= 0.3 is 29.2 Å². The molecule has 5 atom stereocenters. The maximum Gasteiger partial charge on any atom is 0.490 e. The Balaban J connectivity index is 1.26. The third-order valence-corrected chi connectivity index (χ3v) is 16.0. The van der Waals surface area contributed by atoms with Crippen LogP contribution in [0.3, 0.4) is 0 Å². The standard InChI is InChI=1S/C48H71N2O15P3/c1-4-6-8-9-10-11-12-13-14-15-16-17-18-19-20-21-43(51)33-39-23-25-40(26-24-39)35-61-68(59,62-36-41-27-29-42(30-28-41)45(52)22-7-5-2)65-67(57,58)64-66(55,56)60-37-44-31-32-46(63-44)50-34-38(3)47(53)49-48(50)54/h23-32,34,44,46H,4-22,33,35-37H2,1-3H3,(H,55,56)(H,57,58)(H,49,53,54). The number of phosphoric acid groups is 3. The van der Waals surface area contributed by atoms with Gasteiger partial charge in [0.05, 0.1) is 19.8 Å². The Morgan fingerprint density at radius 2 is 1.16 bits per heavy atom. The fraction of sp³-hybridized carbons (Fsp3) is 0.583. The fourth-order valence-corrected chi connectivity index (χ4v) is 11.4. The van der Waals surface area contributed by atoms with E-state index in [2.05, 4.69) is 16.2 Å². The van der Waals surface area contributed by atoms with Crippen LogP contribution in [0.2, 0.25) is 0 Å². The van der Waals surface area contributed by atoms with E-state index in [1.807, 2.05) is 6.92 Å². The highest BCUT2D eigenvalue weighted by molar-refractivity contribution is 7.67. The molecule has 3 N–H and O–H groups in total. The number of hydrogen-bond acceptors (Lipinski definition) is 13. The Morgan fingerprint density at radius 1 is 0.647 bits per heavy atom. The third-order valence-electron chi connectivity index (χ3n) is 11.3. The molecule has 2 heterocycles. The number of aromatic nitrogens is 2. The molecule has 1 aromatic heterocycles. The van der Waals surface area contributed by atoms with Gasteiger partial charge < -0.3 is 14.5 Å². The number of carbonyl (C=O) groups is 2. The number of carbonyl (C=O) groups excluding carboxylic acids is 2. The summed E-state index contributed by atoms with van der Waals surface area (Å²) in [6, 6.07) is 12.9. The first-order valence-corrected chi connectivity index (χ1v) is 28.4. The Labute approximate surface area is 400 Å². The number of benzene rings is 2. The molecule has 0 fully saturated rings. The molecule has 0 saturated carbocycles. The summed E-state index contributed by atoms with van der Waals surface area (Å²) in [6.45, 7) is 4.01. The zero-order valence-electron chi connectivity index (χ0n) is 39.8. The largest absolute Gasteiger partial charge is 0.490 e. The number of unbranched alkanes of at least 4 members (excludes halogenated alkanes) is 15. The first kappa shape index (κ1) is 57.2. The molecule has 0 saturated heterocycles. The second-order valence-electron chi connectivity index (χ2n) is 17.3. The highest BCUT2D eigenvalue weighted by Gasteiger charge is 2.44. The van der Waals surface area contributed by atoms with Crippen molar-refractivity contribution in [2.45, 2.75) is 175 Å². The maximum atomic E-state index is 14.0. The number of H-pyrrole nitrogens is 1. The molecule has 1 aliphatic rings. The highest BCUT2D eigenvalue weighted by atomic mass is 31.3. The van der Waals surface area contributed by atoms with E-state index >= 15 is 0 Å². The van der Waals surface area contributed by atoms with Crippen LogP contribution < -0.4 is 11.2 Å². The summed E-state index contributed by atoms with van der Waals surface area (Å²) in [5.41, 5.74) is 0.910. The number of ether oxygens (including phenoxy) is 1. The lowest BCUT2D eigenvalue weighted by atomic mass is 10.0. The van der Waals surface area contributed by atoms with Gasteiger partial charge in [-0.15, -0.1) is 0 Å². The van der Waals surface area contributed by atoms with Crippen LogP contribution in [-0.4, -0.2) is 43.6 Å². The lowest BCUT2D eigenvalue weighted by Crippen LogP contribution is -2.33. The molecule has 378 valence electrons. The molecule has 2 aromatic carbocycles. The maximum absolute atomic E-state index is 14.0. The van der Waals surface area contributed by atoms with Gasteiger partial charge in [-0.3, -0.25) is 37.5 Å². The van der Waals surface area contributed by atoms with Gasteiger partial charge in [0.15, 0.2) is 12.0 Å². The van der Waals surface area contributed by atoms with Crippen molar-refractivity contribution in [3.05, 3.63) is 116 Å². The summed E-state index contributed by atoms with van der Waals surface area (Å²) in [7, 11) is -16.3. The van der Waals surface area contributed by atoms with Gasteiger partial charge in [0.1, 0.15) is 11.9 Å². The molecule has 0 radical (unpaired) electrons. The van der Waals surface area contributed by atoms with Gasteiger partial charge in [0.2, 0.25) is 0 Å². The van der Waals surface area contributed by atoms with Crippen LogP contribution in [0.5, 0.6) is 0 Å². The van der Waals surface area contributed by atoms with Gasteiger partial charge in [0.25, 0.3) is 5.56 Å². The number of hydrogen-bond donors (Lipinski definition) is 3. The van der Waals surface area contributed by atoms with E-state index in [-0.39, 0.29) is 23.6 Å². The normalized spacial score (nSPS) is 17.4. The van der Waals surface area contributed by atoms with Crippen LogP contribution in [0.15, 0.2) is 76.5 Å². The summed E-state index contributed by atoms with van der Waals surface area (Å²) in [5.74, 6) is 0.0577. The van der Waals surface area contributed by atoms with Crippen molar-refractivity contribution in [3.8, 4) is 0 Å². The molecule has 3 aromatic rings. The Bertz CT molecular complexity index is 2310. The van der Waals surface area contributed by atoms with Crippen molar-refractivity contribution >= 4 is 35.0 Å². The second-order valence-corrected chi connectivity index (χ2v) is 22.1. The summed E-state index contributed by atoms with van der Waals surface area (Å²) < 4.78 is 71.8. The fourth-order valence-electron chi connectivity index (χ4n) is 7.40. The molecule has 0 amide bonds. The minimum absolute atomic E-state index is 0.0593. The highest BCUT2D eigenvalue weighted by Crippen LogP contribution is 2.69. The monoisotopic (exact) mass is 1010 g/mol. The van der Waals surface area contributed by atoms with Crippen molar-refractivity contribution in [3.63, 3.8) is 0 Å². The Kier molecular flexibility index (Phi) is 24.9. The van der Waals surface area contributed by atoms with Crippen LogP contribution in [-0.2, 0) is 65.1 Å². The predicted octanol–water partition coefficient (Wildman–Crippen LogP) is 11.8. The van der Waals surface area contributed by atoms with Gasteiger partial charge in [-0.2, -0.15) is 8.62 Å². The van der Waals surface area contributed by atoms with Crippen molar-refractivity contribution in [2.24, 2.45) is 0 Å². The van der Waals surface area contributed by atoms with E-state index in [0.717, 1.165) is 42.2 Å². The molecular weight excluding hydrogens is 937 g/mol. The second kappa shape index (κ2) is 29.7. The van der Waals surface area contributed by atoms with Crippen LogP contribution >= 0.6 is 23.5 Å². The molecular formula is C48H71N2O15P3. The summed E-state index contributed by atoms with van der Waals surface area (Å²) in [6.07, 6.45) is 23.4. The number of aryl methyl sites for hydroxylation is 1. The van der Waals surface area contributed by atoms with Crippen LogP contribution in [0.4, 0.5) is 0 Å². The predicted molar refractivity (Wildman–Crippen MR) is 259 cm³/mol. The van der Waals surface area contributed by atoms with E-state index in [4.69, 9.17) is 22.6 Å². The molecule has 68 heavy (non-hydrogen) atoms. The molecule has 17 nitrogen and oxygen atoms in total. The average molecular weight is 1010 g/mol. The lowest BCUT2D eigenvalue weighted by Gasteiger charge is -2.22.